The van der Waals surface area contributed by atoms with Crippen LogP contribution in [-0.4, -0.2) is 30.1 Å². The van der Waals surface area contributed by atoms with E-state index in [0.29, 0.717) is 5.92 Å². The van der Waals surface area contributed by atoms with Crippen molar-refractivity contribution in [3.8, 4) is 0 Å². The highest BCUT2D eigenvalue weighted by molar-refractivity contribution is 6.74. The first-order chi connectivity index (χ1) is 11.2. The maximum Gasteiger partial charge on any atom is 0.191 e. The Hall–Kier alpha value is -1.33. The Bertz CT molecular complexity index is 752. The van der Waals surface area contributed by atoms with E-state index in [0.717, 1.165) is 42.7 Å². The topological polar surface area (TPSA) is 47.9 Å². The van der Waals surface area contributed by atoms with E-state index in [-0.39, 0.29) is 5.04 Å². The van der Waals surface area contributed by atoms with E-state index in [4.69, 9.17) is 4.43 Å². The highest BCUT2D eigenvalue weighted by Gasteiger charge is 2.38. The number of rotatable bonds is 4. The highest BCUT2D eigenvalue weighted by atomic mass is 28.4. The molecular formula is C19H29N3OSi. The van der Waals surface area contributed by atoms with Crippen molar-refractivity contribution < 1.29 is 4.43 Å². The Morgan fingerprint density at radius 1 is 1.08 bits per heavy atom. The second-order valence-corrected chi connectivity index (χ2v) is 13.3. The molecule has 0 saturated heterocycles. The van der Waals surface area contributed by atoms with Crippen molar-refractivity contribution in [2.75, 3.05) is 6.61 Å². The first kappa shape index (κ1) is 17.5. The standard InChI is InChI=1S/C19H29N3OSi/c1-7-18-20-16-10-14-8-13(9-15(14)11-17(16)21-22-18)12-23-24(5,6)19(2,3)4/h10-11,13H,7-9,12H2,1-6H3. The van der Waals surface area contributed by atoms with E-state index in [1.165, 1.54) is 11.1 Å². The van der Waals surface area contributed by atoms with Gasteiger partial charge in [0, 0.05) is 13.0 Å². The van der Waals surface area contributed by atoms with Gasteiger partial charge in [0.15, 0.2) is 14.1 Å². The number of fused-ring (bicyclic) bond motifs is 2. The van der Waals surface area contributed by atoms with E-state index in [2.05, 4.69) is 68.1 Å². The molecule has 0 fully saturated rings. The molecule has 1 aliphatic carbocycles. The van der Waals surface area contributed by atoms with Crippen molar-refractivity contribution in [2.24, 2.45) is 5.92 Å². The molecule has 0 amide bonds. The molecule has 24 heavy (non-hydrogen) atoms. The Labute approximate surface area is 146 Å². The van der Waals surface area contributed by atoms with Gasteiger partial charge in [0.05, 0.1) is 5.52 Å². The third kappa shape index (κ3) is 3.38. The van der Waals surface area contributed by atoms with Crippen LogP contribution in [0.5, 0.6) is 0 Å². The summed E-state index contributed by atoms with van der Waals surface area (Å²) in [6, 6.07) is 4.39. The second kappa shape index (κ2) is 6.19. The summed E-state index contributed by atoms with van der Waals surface area (Å²) in [7, 11) is -1.67. The molecule has 0 N–H and O–H groups in total. The minimum absolute atomic E-state index is 0.267. The van der Waals surface area contributed by atoms with Gasteiger partial charge in [-0.05, 0) is 60.2 Å². The number of benzene rings is 1. The zero-order valence-electron chi connectivity index (χ0n) is 15.8. The van der Waals surface area contributed by atoms with Gasteiger partial charge >= 0.3 is 0 Å². The van der Waals surface area contributed by atoms with Gasteiger partial charge in [-0.15, -0.1) is 10.2 Å². The third-order valence-corrected chi connectivity index (χ3v) is 10.1. The molecular weight excluding hydrogens is 314 g/mol. The van der Waals surface area contributed by atoms with Crippen LogP contribution in [0, 0.1) is 5.92 Å². The molecule has 1 heterocycles. The molecule has 0 aliphatic heterocycles. The molecule has 4 nitrogen and oxygen atoms in total. The van der Waals surface area contributed by atoms with Crippen LogP contribution in [0.15, 0.2) is 12.1 Å². The monoisotopic (exact) mass is 343 g/mol. The average molecular weight is 344 g/mol. The first-order valence-corrected chi connectivity index (χ1v) is 11.9. The zero-order valence-corrected chi connectivity index (χ0v) is 16.8. The molecule has 0 bridgehead atoms. The van der Waals surface area contributed by atoms with Gasteiger partial charge in [-0.2, -0.15) is 0 Å². The van der Waals surface area contributed by atoms with Crippen LogP contribution in [0.2, 0.25) is 18.1 Å². The number of hydrogen-bond donors (Lipinski definition) is 0. The SMILES string of the molecule is CCc1nnc2cc3c(cc2n1)CC(CO[Si](C)(C)C(C)(C)C)C3. The van der Waals surface area contributed by atoms with Crippen LogP contribution in [0.1, 0.15) is 44.6 Å². The molecule has 1 unspecified atom stereocenters. The minimum atomic E-state index is -1.67. The summed E-state index contributed by atoms with van der Waals surface area (Å²) in [6.45, 7) is 14.5. The van der Waals surface area contributed by atoms with Crippen molar-refractivity contribution in [1.29, 1.82) is 0 Å². The van der Waals surface area contributed by atoms with Crippen LogP contribution in [0.25, 0.3) is 11.0 Å². The van der Waals surface area contributed by atoms with Gasteiger partial charge < -0.3 is 4.43 Å². The van der Waals surface area contributed by atoms with E-state index < -0.39 is 8.32 Å². The normalized spacial score (nSPS) is 18.2. The molecule has 0 radical (unpaired) electrons. The zero-order chi connectivity index (χ0) is 17.5. The Kier molecular flexibility index (Phi) is 4.51. The minimum Gasteiger partial charge on any atom is -0.417 e. The van der Waals surface area contributed by atoms with E-state index in [1.54, 1.807) is 0 Å². The lowest BCUT2D eigenvalue weighted by Gasteiger charge is -2.37. The van der Waals surface area contributed by atoms with Crippen LogP contribution in [-0.2, 0) is 23.7 Å². The van der Waals surface area contributed by atoms with Crippen molar-refractivity contribution in [1.82, 2.24) is 15.2 Å². The molecule has 0 spiro atoms. The lowest BCUT2D eigenvalue weighted by molar-refractivity contribution is 0.232. The summed E-state index contributed by atoms with van der Waals surface area (Å²) in [5, 5.41) is 8.79. The molecule has 1 aliphatic rings. The number of hydrogen-bond acceptors (Lipinski definition) is 4. The largest absolute Gasteiger partial charge is 0.417 e. The summed E-state index contributed by atoms with van der Waals surface area (Å²) in [5.41, 5.74) is 4.70. The summed E-state index contributed by atoms with van der Waals surface area (Å²) in [5.74, 6) is 1.39. The van der Waals surface area contributed by atoms with Crippen LogP contribution < -0.4 is 0 Å². The van der Waals surface area contributed by atoms with Gasteiger partial charge in [0.1, 0.15) is 5.52 Å². The summed E-state index contributed by atoms with van der Waals surface area (Å²) >= 11 is 0. The lowest BCUT2D eigenvalue weighted by atomic mass is 10.1. The van der Waals surface area contributed by atoms with Gasteiger partial charge in [-0.1, -0.05) is 27.7 Å². The maximum absolute atomic E-state index is 6.44. The average Bonchev–Trinajstić information content (AvgIpc) is 2.90. The molecule has 1 aromatic carbocycles. The fourth-order valence-corrected chi connectivity index (χ4v) is 4.08. The van der Waals surface area contributed by atoms with Crippen molar-refractivity contribution in [2.45, 2.75) is 65.1 Å². The predicted octanol–water partition coefficient (Wildman–Crippen LogP) is 4.32. The van der Waals surface area contributed by atoms with Crippen LogP contribution in [0.4, 0.5) is 0 Å². The van der Waals surface area contributed by atoms with Crippen LogP contribution >= 0.6 is 0 Å². The van der Waals surface area contributed by atoms with Crippen molar-refractivity contribution in [3.63, 3.8) is 0 Å². The summed E-state index contributed by atoms with van der Waals surface area (Å²) in [4.78, 5) is 4.62. The predicted molar refractivity (Wildman–Crippen MR) is 101 cm³/mol. The molecule has 3 rings (SSSR count). The maximum atomic E-state index is 6.44. The fraction of sp³-hybridized carbons (Fsp3) is 0.632. The second-order valence-electron chi connectivity index (χ2n) is 8.54. The van der Waals surface area contributed by atoms with Gasteiger partial charge in [0.2, 0.25) is 0 Å². The molecule has 1 atom stereocenters. The fourth-order valence-electron chi connectivity index (χ4n) is 2.99. The van der Waals surface area contributed by atoms with E-state index in [1.807, 2.05) is 0 Å². The number of aromatic nitrogens is 3. The van der Waals surface area contributed by atoms with Gasteiger partial charge in [0.25, 0.3) is 0 Å². The summed E-state index contributed by atoms with van der Waals surface area (Å²) < 4.78 is 6.44. The van der Waals surface area contributed by atoms with E-state index in [9.17, 15) is 0 Å². The van der Waals surface area contributed by atoms with Crippen molar-refractivity contribution >= 4 is 19.4 Å². The Balaban J connectivity index is 1.74. The van der Waals surface area contributed by atoms with Gasteiger partial charge in [-0.25, -0.2) is 4.98 Å². The number of aryl methyl sites for hydroxylation is 1. The first-order valence-electron chi connectivity index (χ1n) is 8.98. The quantitative estimate of drug-likeness (QED) is 0.776. The van der Waals surface area contributed by atoms with E-state index >= 15 is 0 Å². The molecule has 0 saturated carbocycles. The third-order valence-electron chi connectivity index (χ3n) is 5.64. The van der Waals surface area contributed by atoms with Crippen LogP contribution in [0.3, 0.4) is 0 Å². The number of nitrogens with zero attached hydrogens (tertiary/aromatic N) is 3. The summed E-state index contributed by atoms with van der Waals surface area (Å²) in [6.07, 6.45) is 2.99. The lowest BCUT2D eigenvalue weighted by Crippen LogP contribution is -2.42. The molecule has 5 heteroatoms. The highest BCUT2D eigenvalue weighted by Crippen LogP contribution is 2.38. The van der Waals surface area contributed by atoms with Gasteiger partial charge in [-0.3, -0.25) is 0 Å². The Morgan fingerprint density at radius 2 is 1.71 bits per heavy atom. The van der Waals surface area contributed by atoms with Crippen molar-refractivity contribution in [3.05, 3.63) is 29.1 Å². The Morgan fingerprint density at radius 3 is 2.29 bits per heavy atom. The molecule has 1 aromatic heterocycles. The molecule has 130 valence electrons. The smallest absolute Gasteiger partial charge is 0.191 e. The molecule has 2 aromatic rings.